The molecule has 68 valence electrons. The van der Waals surface area contributed by atoms with Crippen LogP contribution in [0.3, 0.4) is 0 Å². The normalized spacial score (nSPS) is 30.5. The molecule has 2 rings (SSSR count). The first-order valence-electron chi connectivity index (χ1n) is 5.23. The van der Waals surface area contributed by atoms with Crippen molar-refractivity contribution in [3.05, 3.63) is 11.3 Å². The Morgan fingerprint density at radius 2 is 1.92 bits per heavy atom. The highest BCUT2D eigenvalue weighted by atomic mass is 15.2. The molecular weight excluding hydrogens is 146 g/mol. The number of allylic oxidation sites excluding steroid dienone is 2. The zero-order chi connectivity index (χ0) is 8.55. The lowest BCUT2D eigenvalue weighted by Gasteiger charge is -2.20. The van der Waals surface area contributed by atoms with E-state index in [1.165, 1.54) is 38.8 Å². The summed E-state index contributed by atoms with van der Waals surface area (Å²) >= 11 is 0. The van der Waals surface area contributed by atoms with Crippen molar-refractivity contribution in [1.29, 1.82) is 0 Å². The van der Waals surface area contributed by atoms with Gasteiger partial charge in [0, 0.05) is 18.8 Å². The van der Waals surface area contributed by atoms with Crippen molar-refractivity contribution in [2.45, 2.75) is 39.5 Å². The number of nitrogens with zero attached hydrogens (tertiary/aromatic N) is 1. The molecule has 1 atom stereocenters. The van der Waals surface area contributed by atoms with Gasteiger partial charge in [-0.1, -0.05) is 12.5 Å². The van der Waals surface area contributed by atoms with Crippen molar-refractivity contribution in [2.24, 2.45) is 5.92 Å². The molecule has 12 heavy (non-hydrogen) atoms. The van der Waals surface area contributed by atoms with E-state index in [1.54, 1.807) is 11.3 Å². The van der Waals surface area contributed by atoms with Crippen LogP contribution in [0.1, 0.15) is 39.5 Å². The monoisotopic (exact) mass is 165 g/mol. The molecule has 0 bridgehead atoms. The van der Waals surface area contributed by atoms with Crippen LogP contribution in [-0.2, 0) is 0 Å². The second-order valence-corrected chi connectivity index (χ2v) is 4.26. The third kappa shape index (κ3) is 1.26. The summed E-state index contributed by atoms with van der Waals surface area (Å²) in [5.74, 6) is 0.848. The van der Waals surface area contributed by atoms with E-state index >= 15 is 0 Å². The highest BCUT2D eigenvalue weighted by Gasteiger charge is 2.24. The Morgan fingerprint density at radius 3 is 2.42 bits per heavy atom. The number of hydrogen-bond donors (Lipinski definition) is 0. The molecule has 0 N–H and O–H groups in total. The van der Waals surface area contributed by atoms with Crippen LogP contribution < -0.4 is 0 Å². The predicted molar refractivity (Wildman–Crippen MR) is 51.9 cm³/mol. The summed E-state index contributed by atoms with van der Waals surface area (Å²) in [5, 5.41) is 0. The maximum absolute atomic E-state index is 2.61. The van der Waals surface area contributed by atoms with Gasteiger partial charge in [-0.15, -0.1) is 0 Å². The van der Waals surface area contributed by atoms with E-state index < -0.39 is 0 Å². The lowest BCUT2D eigenvalue weighted by Crippen LogP contribution is -2.18. The molecule has 1 fully saturated rings. The summed E-state index contributed by atoms with van der Waals surface area (Å²) < 4.78 is 0. The molecule has 1 heteroatoms. The van der Waals surface area contributed by atoms with Crippen LogP contribution in [0.25, 0.3) is 0 Å². The molecule has 1 unspecified atom stereocenters. The SMILES string of the molecule is CC1=C(N2CCCC2)CCC1C. The van der Waals surface area contributed by atoms with Crippen LogP contribution in [0, 0.1) is 5.92 Å². The first kappa shape index (κ1) is 8.15. The van der Waals surface area contributed by atoms with Gasteiger partial charge in [-0.25, -0.2) is 0 Å². The second kappa shape index (κ2) is 3.12. The van der Waals surface area contributed by atoms with Gasteiger partial charge in [-0.05, 0) is 38.5 Å². The molecule has 0 saturated carbocycles. The summed E-state index contributed by atoms with van der Waals surface area (Å²) in [7, 11) is 0. The molecule has 1 aliphatic carbocycles. The average molecular weight is 165 g/mol. The third-order valence-corrected chi connectivity index (χ3v) is 3.50. The highest BCUT2D eigenvalue weighted by molar-refractivity contribution is 5.19. The molecule has 0 aromatic heterocycles. The molecule has 0 amide bonds. The van der Waals surface area contributed by atoms with Crippen molar-refractivity contribution < 1.29 is 0 Å². The van der Waals surface area contributed by atoms with Crippen molar-refractivity contribution in [3.63, 3.8) is 0 Å². The minimum Gasteiger partial charge on any atom is -0.375 e. The van der Waals surface area contributed by atoms with Gasteiger partial charge in [0.2, 0.25) is 0 Å². The fourth-order valence-electron chi connectivity index (χ4n) is 2.45. The van der Waals surface area contributed by atoms with Crippen molar-refractivity contribution in [2.75, 3.05) is 13.1 Å². The minimum atomic E-state index is 0.848. The molecule has 1 aliphatic heterocycles. The summed E-state index contributed by atoms with van der Waals surface area (Å²) in [6.07, 6.45) is 5.54. The zero-order valence-electron chi connectivity index (χ0n) is 8.27. The lowest BCUT2D eigenvalue weighted by molar-refractivity contribution is 0.412. The van der Waals surface area contributed by atoms with Gasteiger partial charge >= 0.3 is 0 Å². The molecule has 1 saturated heterocycles. The Hall–Kier alpha value is -0.460. The van der Waals surface area contributed by atoms with E-state index in [0.29, 0.717) is 0 Å². The Labute approximate surface area is 75.4 Å². The summed E-state index contributed by atoms with van der Waals surface area (Å²) in [5.41, 5.74) is 3.34. The summed E-state index contributed by atoms with van der Waals surface area (Å²) in [4.78, 5) is 2.61. The Kier molecular flexibility index (Phi) is 2.12. The Balaban J connectivity index is 2.11. The molecular formula is C11H19N. The van der Waals surface area contributed by atoms with Gasteiger partial charge in [0.25, 0.3) is 0 Å². The van der Waals surface area contributed by atoms with Crippen LogP contribution in [0.4, 0.5) is 0 Å². The van der Waals surface area contributed by atoms with Crippen LogP contribution in [0.15, 0.2) is 11.3 Å². The minimum absolute atomic E-state index is 0.848. The number of rotatable bonds is 1. The molecule has 2 aliphatic rings. The maximum Gasteiger partial charge on any atom is 0.0175 e. The van der Waals surface area contributed by atoms with Gasteiger partial charge in [-0.2, -0.15) is 0 Å². The van der Waals surface area contributed by atoms with Crippen LogP contribution in [0.5, 0.6) is 0 Å². The van der Waals surface area contributed by atoms with E-state index in [4.69, 9.17) is 0 Å². The largest absolute Gasteiger partial charge is 0.375 e. The predicted octanol–water partition coefficient (Wildman–Crippen LogP) is 2.79. The molecule has 0 radical (unpaired) electrons. The Bertz CT molecular complexity index is 199. The van der Waals surface area contributed by atoms with Gasteiger partial charge in [0.05, 0.1) is 0 Å². The van der Waals surface area contributed by atoms with Crippen molar-refractivity contribution >= 4 is 0 Å². The number of likely N-dealkylation sites (tertiary alicyclic amines) is 1. The van der Waals surface area contributed by atoms with Gasteiger partial charge in [0.15, 0.2) is 0 Å². The first-order chi connectivity index (χ1) is 5.79. The lowest BCUT2D eigenvalue weighted by atomic mass is 10.1. The van der Waals surface area contributed by atoms with Crippen molar-refractivity contribution in [3.8, 4) is 0 Å². The average Bonchev–Trinajstić information content (AvgIpc) is 2.64. The van der Waals surface area contributed by atoms with Gasteiger partial charge in [0.1, 0.15) is 0 Å². The molecule has 0 aromatic rings. The fraction of sp³-hybridized carbons (Fsp3) is 0.818. The smallest absolute Gasteiger partial charge is 0.0175 e. The van der Waals surface area contributed by atoms with E-state index in [2.05, 4.69) is 18.7 Å². The Morgan fingerprint density at radius 1 is 1.25 bits per heavy atom. The van der Waals surface area contributed by atoms with E-state index in [-0.39, 0.29) is 0 Å². The van der Waals surface area contributed by atoms with E-state index in [1.807, 2.05) is 0 Å². The number of hydrogen-bond acceptors (Lipinski definition) is 1. The van der Waals surface area contributed by atoms with Gasteiger partial charge < -0.3 is 4.90 Å². The van der Waals surface area contributed by atoms with Gasteiger partial charge in [-0.3, -0.25) is 0 Å². The molecule has 1 nitrogen and oxygen atoms in total. The maximum atomic E-state index is 2.61. The quantitative estimate of drug-likeness (QED) is 0.577. The molecule has 0 aromatic carbocycles. The highest BCUT2D eigenvalue weighted by Crippen LogP contribution is 2.34. The third-order valence-electron chi connectivity index (χ3n) is 3.50. The van der Waals surface area contributed by atoms with Crippen molar-refractivity contribution in [1.82, 2.24) is 4.90 Å². The molecule has 0 spiro atoms. The fourth-order valence-corrected chi connectivity index (χ4v) is 2.45. The van der Waals surface area contributed by atoms with Crippen LogP contribution >= 0.6 is 0 Å². The summed E-state index contributed by atoms with van der Waals surface area (Å²) in [6.45, 7) is 7.32. The zero-order valence-corrected chi connectivity index (χ0v) is 8.27. The van der Waals surface area contributed by atoms with Crippen LogP contribution in [-0.4, -0.2) is 18.0 Å². The van der Waals surface area contributed by atoms with E-state index in [0.717, 1.165) is 5.92 Å². The summed E-state index contributed by atoms with van der Waals surface area (Å²) in [6, 6.07) is 0. The first-order valence-corrected chi connectivity index (χ1v) is 5.23. The standard InChI is InChI=1S/C11H19N/c1-9-5-6-11(10(9)2)12-7-3-4-8-12/h9H,3-8H2,1-2H3. The second-order valence-electron chi connectivity index (χ2n) is 4.26. The van der Waals surface area contributed by atoms with Crippen LogP contribution in [0.2, 0.25) is 0 Å². The van der Waals surface area contributed by atoms with E-state index in [9.17, 15) is 0 Å². The topological polar surface area (TPSA) is 3.24 Å². The molecule has 1 heterocycles.